The van der Waals surface area contributed by atoms with Crippen molar-refractivity contribution in [2.24, 2.45) is 11.7 Å². The Kier molecular flexibility index (Phi) is 4.15. The predicted octanol–water partition coefficient (Wildman–Crippen LogP) is 2.72. The Morgan fingerprint density at radius 2 is 2.11 bits per heavy atom. The van der Waals surface area contributed by atoms with E-state index in [2.05, 4.69) is 17.1 Å². The summed E-state index contributed by atoms with van der Waals surface area (Å²) < 4.78 is 13.7. The summed E-state index contributed by atoms with van der Waals surface area (Å²) in [4.78, 5) is 2.19. The van der Waals surface area contributed by atoms with Gasteiger partial charge in [0.05, 0.1) is 0 Å². The summed E-state index contributed by atoms with van der Waals surface area (Å²) in [5.41, 5.74) is 6.60. The quantitative estimate of drug-likeness (QED) is 0.830. The molecular formula is C15H21FN2. The van der Waals surface area contributed by atoms with Crippen LogP contribution in [-0.2, 0) is 0 Å². The fourth-order valence-corrected chi connectivity index (χ4v) is 2.52. The van der Waals surface area contributed by atoms with Crippen molar-refractivity contribution in [3.8, 4) is 0 Å². The maximum Gasteiger partial charge on any atom is 0.127 e. The van der Waals surface area contributed by atoms with E-state index < -0.39 is 0 Å². The zero-order valence-electron chi connectivity index (χ0n) is 11.0. The summed E-state index contributed by atoms with van der Waals surface area (Å²) >= 11 is 0. The number of halogens is 1. The Hall–Kier alpha value is -1.19. The molecule has 3 atom stereocenters. The first-order chi connectivity index (χ1) is 8.58. The first-order valence-corrected chi connectivity index (χ1v) is 6.46. The van der Waals surface area contributed by atoms with E-state index in [1.165, 1.54) is 6.07 Å². The first-order valence-electron chi connectivity index (χ1n) is 6.46. The molecule has 0 aromatic heterocycles. The molecule has 0 saturated carbocycles. The van der Waals surface area contributed by atoms with Crippen molar-refractivity contribution in [2.45, 2.75) is 25.4 Å². The van der Waals surface area contributed by atoms with Crippen LogP contribution >= 0.6 is 0 Å². The molecule has 1 aliphatic rings. The zero-order valence-corrected chi connectivity index (χ0v) is 11.0. The van der Waals surface area contributed by atoms with Crippen molar-refractivity contribution in [3.63, 3.8) is 0 Å². The number of nitrogens with two attached hydrogens (primary N) is 1. The van der Waals surface area contributed by atoms with E-state index in [0.717, 1.165) is 18.5 Å². The van der Waals surface area contributed by atoms with Gasteiger partial charge < -0.3 is 5.73 Å². The van der Waals surface area contributed by atoms with Gasteiger partial charge in [0.2, 0.25) is 0 Å². The second-order valence-corrected chi connectivity index (χ2v) is 5.18. The normalized spacial score (nSPS) is 24.7. The molecule has 0 bridgehead atoms. The minimum atomic E-state index is -0.129. The van der Waals surface area contributed by atoms with Gasteiger partial charge in [-0.05, 0) is 32.4 Å². The third kappa shape index (κ3) is 2.98. The molecule has 0 heterocycles. The number of hydrogen-bond donors (Lipinski definition) is 1. The number of rotatable bonds is 4. The first kappa shape index (κ1) is 13.2. The topological polar surface area (TPSA) is 29.3 Å². The lowest BCUT2D eigenvalue weighted by Gasteiger charge is -2.27. The van der Waals surface area contributed by atoms with Gasteiger partial charge in [0.1, 0.15) is 5.82 Å². The van der Waals surface area contributed by atoms with Crippen molar-refractivity contribution in [1.82, 2.24) is 4.90 Å². The van der Waals surface area contributed by atoms with Gasteiger partial charge in [-0.3, -0.25) is 4.90 Å². The van der Waals surface area contributed by atoms with E-state index in [4.69, 9.17) is 5.73 Å². The van der Waals surface area contributed by atoms with Crippen molar-refractivity contribution in [1.29, 1.82) is 0 Å². The highest BCUT2D eigenvalue weighted by Gasteiger charge is 2.21. The highest BCUT2D eigenvalue weighted by molar-refractivity contribution is 5.20. The van der Waals surface area contributed by atoms with Crippen LogP contribution in [0.4, 0.5) is 4.39 Å². The molecule has 0 spiro atoms. The SMILES string of the molecule is CC(c1ccccc1F)N(C)CC1C=CC(N)C1. The third-order valence-electron chi connectivity index (χ3n) is 3.74. The average Bonchev–Trinajstić information content (AvgIpc) is 2.74. The molecule has 2 N–H and O–H groups in total. The zero-order chi connectivity index (χ0) is 13.1. The van der Waals surface area contributed by atoms with Gasteiger partial charge in [-0.1, -0.05) is 30.4 Å². The van der Waals surface area contributed by atoms with Crippen LogP contribution in [0.15, 0.2) is 36.4 Å². The number of benzene rings is 1. The van der Waals surface area contributed by atoms with Gasteiger partial charge in [0.25, 0.3) is 0 Å². The molecule has 2 nitrogen and oxygen atoms in total. The van der Waals surface area contributed by atoms with Crippen molar-refractivity contribution in [3.05, 3.63) is 47.8 Å². The lowest BCUT2D eigenvalue weighted by atomic mass is 10.0. The largest absolute Gasteiger partial charge is 0.324 e. The monoisotopic (exact) mass is 248 g/mol. The number of hydrogen-bond acceptors (Lipinski definition) is 2. The van der Waals surface area contributed by atoms with Crippen molar-refractivity contribution in [2.75, 3.05) is 13.6 Å². The summed E-state index contributed by atoms with van der Waals surface area (Å²) in [5, 5.41) is 0. The summed E-state index contributed by atoms with van der Waals surface area (Å²) in [5.74, 6) is 0.356. The molecule has 3 heteroatoms. The van der Waals surface area contributed by atoms with Crippen LogP contribution in [0.25, 0.3) is 0 Å². The fourth-order valence-electron chi connectivity index (χ4n) is 2.52. The van der Waals surface area contributed by atoms with E-state index in [0.29, 0.717) is 5.92 Å². The minimum Gasteiger partial charge on any atom is -0.324 e. The van der Waals surface area contributed by atoms with Crippen LogP contribution in [0, 0.1) is 11.7 Å². The summed E-state index contributed by atoms with van der Waals surface area (Å²) in [6, 6.07) is 7.25. The Bertz CT molecular complexity index is 430. The maximum atomic E-state index is 13.7. The van der Waals surface area contributed by atoms with E-state index in [9.17, 15) is 4.39 Å². The highest BCUT2D eigenvalue weighted by atomic mass is 19.1. The summed E-state index contributed by atoms with van der Waals surface area (Å²) in [7, 11) is 2.04. The van der Waals surface area contributed by atoms with E-state index >= 15 is 0 Å². The van der Waals surface area contributed by atoms with Gasteiger partial charge in [-0.2, -0.15) is 0 Å². The molecule has 0 amide bonds. The van der Waals surface area contributed by atoms with Gasteiger partial charge in [0.15, 0.2) is 0 Å². The molecule has 3 unspecified atom stereocenters. The Morgan fingerprint density at radius 3 is 2.72 bits per heavy atom. The smallest absolute Gasteiger partial charge is 0.127 e. The molecule has 98 valence electrons. The maximum absolute atomic E-state index is 13.7. The molecule has 0 saturated heterocycles. The molecule has 0 radical (unpaired) electrons. The van der Waals surface area contributed by atoms with Crippen LogP contribution in [0.3, 0.4) is 0 Å². The van der Waals surface area contributed by atoms with Crippen LogP contribution in [0.2, 0.25) is 0 Å². The van der Waals surface area contributed by atoms with E-state index in [1.807, 2.05) is 26.1 Å². The van der Waals surface area contributed by atoms with Gasteiger partial charge >= 0.3 is 0 Å². The Balaban J connectivity index is 1.99. The Morgan fingerprint density at radius 1 is 1.39 bits per heavy atom. The number of nitrogens with zero attached hydrogens (tertiary/aromatic N) is 1. The Labute approximate surface area is 108 Å². The lowest BCUT2D eigenvalue weighted by molar-refractivity contribution is 0.230. The second kappa shape index (κ2) is 5.63. The van der Waals surface area contributed by atoms with Crippen LogP contribution in [-0.4, -0.2) is 24.5 Å². The van der Waals surface area contributed by atoms with Gasteiger partial charge in [0, 0.05) is 24.2 Å². The molecule has 1 aromatic rings. The standard InChI is InChI=1S/C15H21FN2/c1-11(14-5-3-4-6-15(14)16)18(2)10-12-7-8-13(17)9-12/h3-8,11-13H,9-10,17H2,1-2H3. The average molecular weight is 248 g/mol. The van der Waals surface area contributed by atoms with Crippen LogP contribution in [0.1, 0.15) is 24.9 Å². The molecular weight excluding hydrogens is 227 g/mol. The summed E-state index contributed by atoms with van der Waals surface area (Å²) in [6.07, 6.45) is 5.23. The molecule has 2 rings (SSSR count). The second-order valence-electron chi connectivity index (χ2n) is 5.18. The highest BCUT2D eigenvalue weighted by Crippen LogP contribution is 2.25. The molecule has 18 heavy (non-hydrogen) atoms. The molecule has 0 fully saturated rings. The summed E-state index contributed by atoms with van der Waals surface area (Å²) in [6.45, 7) is 2.96. The van der Waals surface area contributed by atoms with Crippen molar-refractivity contribution < 1.29 is 4.39 Å². The third-order valence-corrected chi connectivity index (χ3v) is 3.74. The predicted molar refractivity (Wildman–Crippen MR) is 72.7 cm³/mol. The van der Waals surface area contributed by atoms with E-state index in [-0.39, 0.29) is 17.9 Å². The van der Waals surface area contributed by atoms with Crippen LogP contribution in [0.5, 0.6) is 0 Å². The molecule has 0 aliphatic heterocycles. The molecule has 1 aromatic carbocycles. The fraction of sp³-hybridized carbons (Fsp3) is 0.467. The van der Waals surface area contributed by atoms with Crippen LogP contribution < -0.4 is 5.73 Å². The minimum absolute atomic E-state index is 0.0800. The lowest BCUT2D eigenvalue weighted by Crippen LogP contribution is -2.29. The van der Waals surface area contributed by atoms with Gasteiger partial charge in [-0.25, -0.2) is 4.39 Å². The van der Waals surface area contributed by atoms with Crippen molar-refractivity contribution >= 4 is 0 Å². The molecule has 1 aliphatic carbocycles. The van der Waals surface area contributed by atoms with Gasteiger partial charge in [-0.15, -0.1) is 0 Å². The van der Waals surface area contributed by atoms with E-state index in [1.54, 1.807) is 6.07 Å².